The van der Waals surface area contributed by atoms with Gasteiger partial charge < -0.3 is 9.52 Å². The van der Waals surface area contributed by atoms with Crippen LogP contribution in [0.25, 0.3) is 11.5 Å². The lowest BCUT2D eigenvalue weighted by molar-refractivity contribution is 0.0654. The quantitative estimate of drug-likeness (QED) is 0.916. The number of rotatable bonds is 2. The number of aryl methyl sites for hydroxylation is 1. The van der Waals surface area contributed by atoms with Crippen molar-refractivity contribution in [2.75, 3.05) is 0 Å². The van der Waals surface area contributed by atoms with E-state index in [0.29, 0.717) is 0 Å². The Morgan fingerprint density at radius 1 is 1.44 bits per heavy atom. The molecule has 0 aliphatic rings. The monoisotopic (exact) mass is 282 g/mol. The predicted molar refractivity (Wildman–Crippen MR) is 59.1 cm³/mol. The molecule has 2 rings (SSSR count). The Balaban J connectivity index is 2.46. The average molecular weight is 283 g/mol. The van der Waals surface area contributed by atoms with Crippen LogP contribution in [-0.2, 0) is 0 Å². The summed E-state index contributed by atoms with van der Waals surface area (Å²) in [5.41, 5.74) is 1.65. The molecular weight excluding hydrogens is 276 g/mol. The molecule has 0 saturated carbocycles. The summed E-state index contributed by atoms with van der Waals surface area (Å²) < 4.78 is 5.95. The summed E-state index contributed by atoms with van der Waals surface area (Å²) in [6.45, 7) is 1.88. The zero-order valence-corrected chi connectivity index (χ0v) is 9.85. The predicted octanol–water partition coefficient (Wildman–Crippen LogP) is 2.51. The maximum atomic E-state index is 10.6. The number of aromatic nitrogens is 2. The molecule has 0 aliphatic heterocycles. The first-order valence-electron chi connectivity index (χ1n) is 4.41. The van der Waals surface area contributed by atoms with Crippen molar-refractivity contribution in [1.82, 2.24) is 10.2 Å². The highest BCUT2D eigenvalue weighted by Crippen LogP contribution is 2.24. The van der Waals surface area contributed by atoms with Crippen LogP contribution in [0.2, 0.25) is 0 Å². The molecule has 1 aromatic carbocycles. The van der Waals surface area contributed by atoms with Gasteiger partial charge in [-0.25, -0.2) is 4.79 Å². The SMILES string of the molecule is Cc1cc(Br)ccc1-c1nnc(C(=O)O)o1. The molecule has 0 saturated heterocycles. The van der Waals surface area contributed by atoms with Crippen molar-refractivity contribution in [2.24, 2.45) is 0 Å². The summed E-state index contributed by atoms with van der Waals surface area (Å²) in [5, 5.41) is 15.8. The van der Waals surface area contributed by atoms with Crippen molar-refractivity contribution in [2.45, 2.75) is 6.92 Å². The lowest BCUT2D eigenvalue weighted by atomic mass is 10.1. The minimum Gasteiger partial charge on any atom is -0.474 e. The summed E-state index contributed by atoms with van der Waals surface area (Å²) in [7, 11) is 0. The minimum atomic E-state index is -1.23. The summed E-state index contributed by atoms with van der Waals surface area (Å²) in [6.07, 6.45) is 0. The van der Waals surface area contributed by atoms with E-state index in [1.165, 1.54) is 0 Å². The van der Waals surface area contributed by atoms with Crippen LogP contribution in [0.1, 0.15) is 16.2 Å². The zero-order valence-electron chi connectivity index (χ0n) is 8.27. The molecule has 6 heteroatoms. The number of hydrogen-bond acceptors (Lipinski definition) is 4. The summed E-state index contributed by atoms with van der Waals surface area (Å²) in [5.74, 6) is -1.42. The van der Waals surface area contributed by atoms with Crippen LogP contribution >= 0.6 is 15.9 Å². The number of halogens is 1. The van der Waals surface area contributed by atoms with Crippen molar-refractivity contribution in [3.63, 3.8) is 0 Å². The van der Waals surface area contributed by atoms with Crippen LogP contribution in [0, 0.1) is 6.92 Å². The van der Waals surface area contributed by atoms with Crippen LogP contribution in [-0.4, -0.2) is 21.3 Å². The van der Waals surface area contributed by atoms with Gasteiger partial charge in [0.25, 0.3) is 0 Å². The highest BCUT2D eigenvalue weighted by Gasteiger charge is 2.15. The second-order valence-corrected chi connectivity index (χ2v) is 4.09. The van der Waals surface area contributed by atoms with E-state index < -0.39 is 11.9 Å². The zero-order chi connectivity index (χ0) is 11.7. The molecule has 16 heavy (non-hydrogen) atoms. The molecule has 5 nitrogen and oxygen atoms in total. The molecule has 0 radical (unpaired) electrons. The van der Waals surface area contributed by atoms with E-state index in [0.717, 1.165) is 15.6 Å². The van der Waals surface area contributed by atoms with Crippen LogP contribution in [0.4, 0.5) is 0 Å². The van der Waals surface area contributed by atoms with E-state index in [1.54, 1.807) is 6.07 Å². The van der Waals surface area contributed by atoms with Gasteiger partial charge in [-0.05, 0) is 30.7 Å². The standard InChI is InChI=1S/C10H7BrN2O3/c1-5-4-6(11)2-3-7(5)8-12-13-9(16-8)10(14)15/h2-4H,1H3,(H,14,15). The molecule has 0 bridgehead atoms. The van der Waals surface area contributed by atoms with E-state index >= 15 is 0 Å². The van der Waals surface area contributed by atoms with Crippen molar-refractivity contribution in [1.29, 1.82) is 0 Å². The summed E-state index contributed by atoms with van der Waals surface area (Å²) in [4.78, 5) is 10.6. The fraction of sp³-hybridized carbons (Fsp3) is 0.100. The first-order valence-corrected chi connectivity index (χ1v) is 5.20. The Labute approximate surface area is 99.2 Å². The Morgan fingerprint density at radius 2 is 2.19 bits per heavy atom. The Morgan fingerprint density at radius 3 is 2.75 bits per heavy atom. The highest BCUT2D eigenvalue weighted by molar-refractivity contribution is 9.10. The summed E-state index contributed by atoms with van der Waals surface area (Å²) >= 11 is 3.34. The molecule has 82 valence electrons. The number of aromatic carboxylic acids is 1. The molecule has 1 heterocycles. The van der Waals surface area contributed by atoms with Crippen molar-refractivity contribution in [3.8, 4) is 11.5 Å². The molecule has 1 aromatic heterocycles. The average Bonchev–Trinajstić information content (AvgIpc) is 2.66. The van der Waals surface area contributed by atoms with Gasteiger partial charge in [-0.1, -0.05) is 15.9 Å². The van der Waals surface area contributed by atoms with E-state index in [1.807, 2.05) is 19.1 Å². The fourth-order valence-electron chi connectivity index (χ4n) is 1.29. The van der Waals surface area contributed by atoms with Gasteiger partial charge in [0.05, 0.1) is 0 Å². The second kappa shape index (κ2) is 4.05. The van der Waals surface area contributed by atoms with Gasteiger partial charge in [0.1, 0.15) is 0 Å². The van der Waals surface area contributed by atoms with Gasteiger partial charge in [0.15, 0.2) is 0 Å². The summed E-state index contributed by atoms with van der Waals surface area (Å²) in [6, 6.07) is 5.51. The first-order chi connectivity index (χ1) is 7.58. The van der Waals surface area contributed by atoms with Crippen LogP contribution < -0.4 is 0 Å². The third-order valence-electron chi connectivity index (χ3n) is 2.03. The van der Waals surface area contributed by atoms with Gasteiger partial charge >= 0.3 is 11.9 Å². The second-order valence-electron chi connectivity index (χ2n) is 3.18. The van der Waals surface area contributed by atoms with Gasteiger partial charge in [0.2, 0.25) is 5.89 Å². The van der Waals surface area contributed by atoms with Gasteiger partial charge in [-0.15, -0.1) is 10.2 Å². The Kier molecular flexibility index (Phi) is 2.74. The maximum absolute atomic E-state index is 10.6. The Bertz CT molecular complexity index is 551. The van der Waals surface area contributed by atoms with E-state index in [2.05, 4.69) is 26.1 Å². The smallest absolute Gasteiger partial charge is 0.393 e. The normalized spacial score (nSPS) is 10.4. The van der Waals surface area contributed by atoms with Crippen molar-refractivity contribution < 1.29 is 14.3 Å². The molecule has 1 N–H and O–H groups in total. The number of carboxylic acids is 1. The highest BCUT2D eigenvalue weighted by atomic mass is 79.9. The third kappa shape index (κ3) is 1.96. The fourth-order valence-corrected chi connectivity index (χ4v) is 1.76. The number of carboxylic acid groups (broad SMARTS) is 1. The number of benzene rings is 1. The lowest BCUT2D eigenvalue weighted by Gasteiger charge is -2.00. The van der Waals surface area contributed by atoms with Crippen LogP contribution in [0.5, 0.6) is 0 Å². The molecule has 0 fully saturated rings. The van der Waals surface area contributed by atoms with Gasteiger partial charge in [-0.3, -0.25) is 0 Å². The lowest BCUT2D eigenvalue weighted by Crippen LogP contribution is -1.95. The topological polar surface area (TPSA) is 76.2 Å². The largest absolute Gasteiger partial charge is 0.474 e. The number of nitrogens with zero attached hydrogens (tertiary/aromatic N) is 2. The maximum Gasteiger partial charge on any atom is 0.393 e. The Hall–Kier alpha value is -1.69. The molecule has 2 aromatic rings. The van der Waals surface area contributed by atoms with E-state index in [-0.39, 0.29) is 5.89 Å². The van der Waals surface area contributed by atoms with Crippen molar-refractivity contribution >= 4 is 21.9 Å². The molecular formula is C10H7BrN2O3. The number of hydrogen-bond donors (Lipinski definition) is 1. The van der Waals surface area contributed by atoms with Gasteiger partial charge in [-0.2, -0.15) is 0 Å². The molecule has 0 spiro atoms. The first kappa shape index (κ1) is 10.8. The van der Waals surface area contributed by atoms with Crippen LogP contribution in [0.3, 0.4) is 0 Å². The molecule has 0 aliphatic carbocycles. The molecule has 0 amide bonds. The van der Waals surface area contributed by atoms with Crippen molar-refractivity contribution in [3.05, 3.63) is 34.1 Å². The van der Waals surface area contributed by atoms with Crippen LogP contribution in [0.15, 0.2) is 27.1 Å². The van der Waals surface area contributed by atoms with E-state index in [4.69, 9.17) is 9.52 Å². The number of carbonyl (C=O) groups is 1. The molecule has 0 unspecified atom stereocenters. The van der Waals surface area contributed by atoms with E-state index in [9.17, 15) is 4.79 Å². The third-order valence-corrected chi connectivity index (χ3v) is 2.52. The molecule has 0 atom stereocenters. The minimum absolute atomic E-state index is 0.211. The van der Waals surface area contributed by atoms with Gasteiger partial charge in [0, 0.05) is 10.0 Å².